The van der Waals surface area contributed by atoms with Gasteiger partial charge in [0.05, 0.1) is 17.9 Å². The Morgan fingerprint density at radius 2 is 1.11 bits per heavy atom. The summed E-state index contributed by atoms with van der Waals surface area (Å²) in [7, 11) is 11.4. The van der Waals surface area contributed by atoms with Gasteiger partial charge >= 0.3 is 33.0 Å². The zero-order chi connectivity index (χ0) is 25.2. The third kappa shape index (κ3) is 6.56. The minimum atomic E-state index is 0.537. The van der Waals surface area contributed by atoms with Crippen LogP contribution in [0.2, 0.25) is 0 Å². The number of rotatable bonds is 4. The van der Waals surface area contributed by atoms with Crippen molar-refractivity contribution >= 4 is 43.5 Å². The second-order valence-corrected chi connectivity index (χ2v) is 9.57. The summed E-state index contributed by atoms with van der Waals surface area (Å²) in [6, 6.07) is 36.9. The van der Waals surface area contributed by atoms with Crippen molar-refractivity contribution in [3.8, 4) is 22.3 Å². The third-order valence-electron chi connectivity index (χ3n) is 5.64. The van der Waals surface area contributed by atoms with Gasteiger partial charge in [0.15, 0.2) is 5.84 Å². The summed E-state index contributed by atoms with van der Waals surface area (Å²) < 4.78 is 6.05. The van der Waals surface area contributed by atoms with Gasteiger partial charge < -0.3 is 9.64 Å². The first-order valence-corrected chi connectivity index (χ1v) is 14.1. The molecule has 4 nitrogen and oxygen atoms in total. The quantitative estimate of drug-likeness (QED) is 0.236. The van der Waals surface area contributed by atoms with Crippen LogP contribution in [0.3, 0.4) is 0 Å². The molecule has 4 aromatic rings. The normalized spacial score (nSPS) is 15.4. The maximum absolute atomic E-state index is 6.05. The number of benzene rings is 4. The van der Waals surface area contributed by atoms with Crippen LogP contribution in [0.25, 0.3) is 22.3 Å². The number of halogens is 2. The molecule has 1 saturated heterocycles. The van der Waals surface area contributed by atoms with Crippen molar-refractivity contribution in [3.63, 3.8) is 0 Å². The molecule has 186 valence electrons. The van der Waals surface area contributed by atoms with Gasteiger partial charge in [-0.1, -0.05) is 97.1 Å². The Morgan fingerprint density at radius 3 is 1.64 bits per heavy atom. The van der Waals surface area contributed by atoms with Crippen LogP contribution in [0.15, 0.2) is 119 Å². The standard InChI is InChI=1S/C29H25N3O.2ClH.Ni/c1-32-20-21-33-29(31-27-19-11-9-17-25(27)23-14-6-3-7-15-23)28(32)30-26-18-10-8-16-24(26)22-12-4-2-5-13-22;;;/h2-19H,20-21H2,1H3;2*1H;/q;;;+2/p-2. The number of ether oxygens (including phenoxy) is 1. The van der Waals surface area contributed by atoms with Gasteiger partial charge in [-0.05, 0) is 23.3 Å². The van der Waals surface area contributed by atoms with Gasteiger partial charge in [-0.2, -0.15) is 0 Å². The number of likely N-dealkylation sites (N-methyl/N-ethyl adjacent to an activating group) is 1. The molecule has 5 rings (SSSR count). The second kappa shape index (κ2) is 13.3. The summed E-state index contributed by atoms with van der Waals surface area (Å²) >= 11 is 0.569. The van der Waals surface area contributed by atoms with Crippen molar-refractivity contribution in [2.24, 2.45) is 9.98 Å². The van der Waals surface area contributed by atoms with Crippen molar-refractivity contribution in [2.45, 2.75) is 0 Å². The van der Waals surface area contributed by atoms with E-state index >= 15 is 0 Å². The molecule has 36 heavy (non-hydrogen) atoms. The fourth-order valence-corrected chi connectivity index (χ4v) is 3.92. The molecule has 0 unspecified atom stereocenters. The zero-order valence-corrected chi connectivity index (χ0v) is 22.1. The Morgan fingerprint density at radius 1 is 0.667 bits per heavy atom. The van der Waals surface area contributed by atoms with E-state index in [0.717, 1.165) is 46.0 Å². The van der Waals surface area contributed by atoms with Gasteiger partial charge in [0.2, 0.25) is 0 Å². The number of morpholine rings is 1. The van der Waals surface area contributed by atoms with Crippen LogP contribution in [0.1, 0.15) is 0 Å². The number of amidine groups is 1. The van der Waals surface area contributed by atoms with Gasteiger partial charge in [0.25, 0.3) is 5.90 Å². The van der Waals surface area contributed by atoms with Crippen molar-refractivity contribution in [2.75, 3.05) is 20.2 Å². The molecule has 0 atom stereocenters. The zero-order valence-electron chi connectivity index (χ0n) is 19.6. The monoisotopic (exact) mass is 559 g/mol. The van der Waals surface area contributed by atoms with E-state index in [4.69, 9.17) is 35.1 Å². The van der Waals surface area contributed by atoms with E-state index in [1.165, 1.54) is 0 Å². The molecular formula is C29H25Cl2N3NiO. The SMILES string of the molecule is CN1CCOC(=Nc2ccccc2-c2ccccc2)C1=Nc1ccccc1-c1ccccc1.[Cl][Ni][Cl]. The molecule has 1 aliphatic rings. The van der Waals surface area contributed by atoms with E-state index in [0.29, 0.717) is 25.2 Å². The summed E-state index contributed by atoms with van der Waals surface area (Å²) in [6.07, 6.45) is 0. The Balaban J connectivity index is 0.000000967. The fourth-order valence-electron chi connectivity index (χ4n) is 3.92. The Bertz CT molecular complexity index is 1330. The van der Waals surface area contributed by atoms with Crippen LogP contribution in [0, 0.1) is 0 Å². The first kappa shape index (κ1) is 26.0. The molecule has 7 heteroatoms. The molecule has 0 radical (unpaired) electrons. The van der Waals surface area contributed by atoms with Crippen LogP contribution in [0.5, 0.6) is 0 Å². The predicted molar refractivity (Wildman–Crippen MR) is 148 cm³/mol. The molecule has 0 spiro atoms. The minimum absolute atomic E-state index is 0.537. The molecule has 0 saturated carbocycles. The molecule has 0 bridgehead atoms. The van der Waals surface area contributed by atoms with Crippen LogP contribution in [-0.2, 0) is 17.4 Å². The number of aliphatic imine (C=N–C) groups is 2. The molecule has 0 aliphatic carbocycles. The van der Waals surface area contributed by atoms with E-state index in [-0.39, 0.29) is 0 Å². The second-order valence-electron chi connectivity index (χ2n) is 7.93. The van der Waals surface area contributed by atoms with E-state index < -0.39 is 0 Å². The Kier molecular flexibility index (Phi) is 9.57. The van der Waals surface area contributed by atoms with Crippen molar-refractivity contribution in [1.82, 2.24) is 4.90 Å². The summed E-state index contributed by atoms with van der Waals surface area (Å²) in [4.78, 5) is 12.1. The number of hydrogen-bond donors (Lipinski definition) is 0. The van der Waals surface area contributed by atoms with Crippen LogP contribution in [-0.4, -0.2) is 36.8 Å². The summed E-state index contributed by atoms with van der Waals surface area (Å²) in [5.74, 6) is 1.27. The van der Waals surface area contributed by atoms with Gasteiger partial charge in [-0.3, -0.25) is 0 Å². The van der Waals surface area contributed by atoms with E-state index in [1.54, 1.807) is 0 Å². The summed E-state index contributed by atoms with van der Waals surface area (Å²) in [5, 5.41) is 0. The predicted octanol–water partition coefficient (Wildman–Crippen LogP) is 8.12. The van der Waals surface area contributed by atoms with Gasteiger partial charge in [0, 0.05) is 18.2 Å². The fraction of sp³-hybridized carbons (Fsp3) is 0.103. The third-order valence-corrected chi connectivity index (χ3v) is 5.64. The molecular weight excluding hydrogens is 536 g/mol. The van der Waals surface area contributed by atoms with E-state index in [9.17, 15) is 0 Å². The average molecular weight is 561 g/mol. The molecule has 1 fully saturated rings. The van der Waals surface area contributed by atoms with Crippen LogP contribution >= 0.6 is 20.4 Å². The van der Waals surface area contributed by atoms with Crippen molar-refractivity contribution < 1.29 is 17.4 Å². The molecule has 4 aromatic carbocycles. The topological polar surface area (TPSA) is 37.2 Å². The first-order chi connectivity index (χ1) is 17.7. The summed E-state index contributed by atoms with van der Waals surface area (Å²) in [6.45, 7) is 1.33. The van der Waals surface area contributed by atoms with Crippen molar-refractivity contribution in [3.05, 3.63) is 109 Å². The van der Waals surface area contributed by atoms with E-state index in [1.807, 2.05) is 79.8 Å². The molecule has 1 heterocycles. The summed E-state index contributed by atoms with van der Waals surface area (Å²) in [5.41, 5.74) is 6.14. The van der Waals surface area contributed by atoms with Gasteiger partial charge in [-0.15, -0.1) is 0 Å². The van der Waals surface area contributed by atoms with Crippen molar-refractivity contribution in [1.29, 1.82) is 0 Å². The Hall–Kier alpha value is -3.11. The van der Waals surface area contributed by atoms with Gasteiger partial charge in [0.1, 0.15) is 6.61 Å². The average Bonchev–Trinajstić information content (AvgIpc) is 2.93. The maximum atomic E-state index is 6.05. The van der Waals surface area contributed by atoms with E-state index in [2.05, 4.69) is 41.3 Å². The number of nitrogens with zero attached hydrogens (tertiary/aromatic N) is 3. The number of para-hydroxylation sites is 2. The van der Waals surface area contributed by atoms with Crippen LogP contribution < -0.4 is 0 Å². The first-order valence-electron chi connectivity index (χ1n) is 11.3. The number of hydrogen-bond acceptors (Lipinski definition) is 3. The van der Waals surface area contributed by atoms with Crippen LogP contribution in [0.4, 0.5) is 11.4 Å². The Labute approximate surface area is 226 Å². The van der Waals surface area contributed by atoms with Gasteiger partial charge in [-0.25, -0.2) is 9.98 Å². The molecule has 0 amide bonds. The molecule has 1 aliphatic heterocycles. The molecule has 0 N–H and O–H groups in total. The molecule has 0 aromatic heterocycles.